The number of hydrogen-bond acceptors (Lipinski definition) is 6. The molecule has 0 spiro atoms. The van der Waals surface area contributed by atoms with Gasteiger partial charge in [-0.3, -0.25) is 9.59 Å². The van der Waals surface area contributed by atoms with Gasteiger partial charge >= 0.3 is 5.97 Å². The Balaban J connectivity index is 1.82. The zero-order valence-electron chi connectivity index (χ0n) is 16.6. The highest BCUT2D eigenvalue weighted by Gasteiger charge is 2.22. The van der Waals surface area contributed by atoms with Gasteiger partial charge in [-0.25, -0.2) is 9.37 Å². The molecule has 1 unspecified atom stereocenters. The van der Waals surface area contributed by atoms with Crippen LogP contribution in [0.1, 0.15) is 35.4 Å². The molecule has 3 aromatic rings. The van der Waals surface area contributed by atoms with Crippen LogP contribution in [0.5, 0.6) is 5.75 Å². The van der Waals surface area contributed by atoms with Crippen LogP contribution in [0.15, 0.2) is 53.9 Å². The van der Waals surface area contributed by atoms with Gasteiger partial charge in [-0.05, 0) is 36.8 Å². The first-order valence-electron chi connectivity index (χ1n) is 9.32. The molecule has 1 atom stereocenters. The van der Waals surface area contributed by atoms with Gasteiger partial charge in [0.2, 0.25) is 0 Å². The summed E-state index contributed by atoms with van der Waals surface area (Å²) in [7, 11) is 1.54. The van der Waals surface area contributed by atoms with Crippen LogP contribution in [0.25, 0.3) is 10.6 Å². The highest BCUT2D eigenvalue weighted by atomic mass is 32.1. The second-order valence-corrected chi connectivity index (χ2v) is 7.19. The van der Waals surface area contributed by atoms with Crippen molar-refractivity contribution >= 4 is 23.2 Å². The molecule has 1 N–H and O–H groups in total. The number of hydrogen-bond donors (Lipinski definition) is 1. The lowest BCUT2D eigenvalue weighted by atomic mass is 10.0. The van der Waals surface area contributed by atoms with Crippen molar-refractivity contribution in [2.45, 2.75) is 19.4 Å². The lowest BCUT2D eigenvalue weighted by Gasteiger charge is -2.18. The van der Waals surface area contributed by atoms with Gasteiger partial charge in [-0.1, -0.05) is 24.3 Å². The number of carbonyl (C=O) groups excluding carboxylic acids is 2. The second kappa shape index (κ2) is 9.98. The first kappa shape index (κ1) is 21.4. The number of aromatic nitrogens is 1. The van der Waals surface area contributed by atoms with E-state index in [1.165, 1.54) is 24.5 Å². The van der Waals surface area contributed by atoms with Crippen LogP contribution < -0.4 is 10.1 Å². The van der Waals surface area contributed by atoms with Crippen LogP contribution in [0.2, 0.25) is 0 Å². The summed E-state index contributed by atoms with van der Waals surface area (Å²) in [5, 5.41) is 4.79. The summed E-state index contributed by atoms with van der Waals surface area (Å²) in [6.45, 7) is 1.96. The molecule has 1 aromatic heterocycles. The summed E-state index contributed by atoms with van der Waals surface area (Å²) >= 11 is 1.17. The van der Waals surface area contributed by atoms with Crippen molar-refractivity contribution in [3.8, 4) is 16.3 Å². The summed E-state index contributed by atoms with van der Waals surface area (Å²) in [4.78, 5) is 29.1. The fourth-order valence-corrected chi connectivity index (χ4v) is 3.69. The Labute approximate surface area is 177 Å². The van der Waals surface area contributed by atoms with Gasteiger partial charge in [0.15, 0.2) is 0 Å². The third-order valence-electron chi connectivity index (χ3n) is 4.32. The number of esters is 1. The molecule has 1 heterocycles. The van der Waals surface area contributed by atoms with Gasteiger partial charge in [0.1, 0.15) is 22.3 Å². The highest BCUT2D eigenvalue weighted by Crippen LogP contribution is 2.27. The van der Waals surface area contributed by atoms with Gasteiger partial charge in [-0.15, -0.1) is 11.3 Å². The van der Waals surface area contributed by atoms with E-state index in [-0.39, 0.29) is 18.7 Å². The van der Waals surface area contributed by atoms with Crippen molar-refractivity contribution in [2.24, 2.45) is 0 Å². The monoisotopic (exact) mass is 428 g/mol. The van der Waals surface area contributed by atoms with E-state index in [1.54, 1.807) is 54.8 Å². The van der Waals surface area contributed by atoms with E-state index in [0.29, 0.717) is 21.9 Å². The van der Waals surface area contributed by atoms with Crippen molar-refractivity contribution in [2.75, 3.05) is 13.7 Å². The van der Waals surface area contributed by atoms with Crippen LogP contribution in [-0.2, 0) is 9.53 Å². The molecule has 0 aliphatic heterocycles. The summed E-state index contributed by atoms with van der Waals surface area (Å²) in [6.07, 6.45) is -0.0446. The molecule has 156 valence electrons. The quantitative estimate of drug-likeness (QED) is 0.539. The number of benzene rings is 2. The summed E-state index contributed by atoms with van der Waals surface area (Å²) in [5.41, 5.74) is 1.17. The third-order valence-corrected chi connectivity index (χ3v) is 5.19. The largest absolute Gasteiger partial charge is 0.497 e. The van der Waals surface area contributed by atoms with Crippen molar-refractivity contribution < 1.29 is 23.5 Å². The average Bonchev–Trinajstić information content (AvgIpc) is 3.24. The molecular formula is C22H21FN2O4S. The molecule has 0 fully saturated rings. The van der Waals surface area contributed by atoms with Crippen molar-refractivity contribution in [1.82, 2.24) is 10.3 Å². The van der Waals surface area contributed by atoms with E-state index in [4.69, 9.17) is 9.47 Å². The maximum atomic E-state index is 14.0. The fourth-order valence-electron chi connectivity index (χ4n) is 2.87. The van der Waals surface area contributed by atoms with E-state index in [9.17, 15) is 14.0 Å². The topological polar surface area (TPSA) is 77.5 Å². The van der Waals surface area contributed by atoms with Crippen LogP contribution in [0.3, 0.4) is 0 Å². The number of methoxy groups -OCH3 is 1. The standard InChI is InChI=1S/C22H21FN2O4S/c1-3-29-20(26)12-18(14-7-6-8-15(11-14)28-2)24-21(27)19-13-30-22(25-19)16-9-4-5-10-17(16)23/h4-11,13,18H,3,12H2,1-2H3,(H,24,27). The Hall–Kier alpha value is -3.26. The molecule has 0 radical (unpaired) electrons. The minimum absolute atomic E-state index is 0.0446. The van der Waals surface area contributed by atoms with Gasteiger partial charge in [0, 0.05) is 10.9 Å². The van der Waals surface area contributed by atoms with Crippen molar-refractivity contribution in [1.29, 1.82) is 0 Å². The Morgan fingerprint density at radius 2 is 2.00 bits per heavy atom. The molecule has 0 saturated heterocycles. The van der Waals surface area contributed by atoms with Crippen LogP contribution in [0.4, 0.5) is 4.39 Å². The van der Waals surface area contributed by atoms with Crippen LogP contribution in [0, 0.1) is 5.82 Å². The predicted octanol–water partition coefficient (Wildman–Crippen LogP) is 4.38. The van der Waals surface area contributed by atoms with E-state index >= 15 is 0 Å². The highest BCUT2D eigenvalue weighted by molar-refractivity contribution is 7.13. The van der Waals surface area contributed by atoms with Crippen molar-refractivity contribution in [3.05, 3.63) is 71.0 Å². The third kappa shape index (κ3) is 5.21. The average molecular weight is 428 g/mol. The van der Waals surface area contributed by atoms with Crippen LogP contribution in [-0.4, -0.2) is 30.6 Å². The zero-order chi connectivity index (χ0) is 21.5. The Bertz CT molecular complexity index is 1040. The maximum Gasteiger partial charge on any atom is 0.308 e. The van der Waals surface area contributed by atoms with E-state index in [0.717, 1.165) is 0 Å². The molecule has 8 heteroatoms. The number of amides is 1. The van der Waals surface area contributed by atoms with Crippen LogP contribution >= 0.6 is 11.3 Å². The molecule has 0 aliphatic carbocycles. The molecule has 30 heavy (non-hydrogen) atoms. The normalized spacial score (nSPS) is 11.6. The second-order valence-electron chi connectivity index (χ2n) is 6.33. The lowest BCUT2D eigenvalue weighted by molar-refractivity contribution is -0.143. The van der Waals surface area contributed by atoms with Gasteiger partial charge in [0.05, 0.1) is 26.2 Å². The molecule has 0 saturated carbocycles. The molecule has 3 rings (SSSR count). The minimum atomic E-state index is -0.634. The first-order chi connectivity index (χ1) is 14.5. The molecule has 6 nitrogen and oxygen atoms in total. The van der Waals surface area contributed by atoms with Gasteiger partial charge in [-0.2, -0.15) is 0 Å². The van der Waals surface area contributed by atoms with Crippen molar-refractivity contribution in [3.63, 3.8) is 0 Å². The molecule has 0 bridgehead atoms. The Morgan fingerprint density at radius 3 is 2.73 bits per heavy atom. The summed E-state index contributed by atoms with van der Waals surface area (Å²) in [5.74, 6) is -0.705. The first-order valence-corrected chi connectivity index (χ1v) is 10.2. The predicted molar refractivity (Wildman–Crippen MR) is 112 cm³/mol. The molecule has 1 amide bonds. The van der Waals surface area contributed by atoms with E-state index in [2.05, 4.69) is 10.3 Å². The number of halogens is 1. The minimum Gasteiger partial charge on any atom is -0.497 e. The molecular weight excluding hydrogens is 407 g/mol. The zero-order valence-corrected chi connectivity index (χ0v) is 17.4. The summed E-state index contributed by atoms with van der Waals surface area (Å²) < 4.78 is 24.3. The maximum absolute atomic E-state index is 14.0. The number of carbonyl (C=O) groups is 2. The number of rotatable bonds is 8. The van der Waals surface area contributed by atoms with E-state index < -0.39 is 23.7 Å². The fraction of sp³-hybridized carbons (Fsp3) is 0.227. The SMILES string of the molecule is CCOC(=O)CC(NC(=O)c1csc(-c2ccccc2F)n1)c1cccc(OC)c1. The Morgan fingerprint density at radius 1 is 1.20 bits per heavy atom. The molecule has 2 aromatic carbocycles. The lowest BCUT2D eigenvalue weighted by Crippen LogP contribution is -2.31. The number of nitrogens with one attached hydrogen (secondary N) is 1. The Kier molecular flexibility index (Phi) is 7.13. The van der Waals surface area contributed by atoms with E-state index in [1.807, 2.05) is 0 Å². The number of nitrogens with zero attached hydrogens (tertiary/aromatic N) is 1. The molecule has 0 aliphatic rings. The number of thiazole rings is 1. The smallest absolute Gasteiger partial charge is 0.308 e. The number of ether oxygens (including phenoxy) is 2. The summed E-state index contributed by atoms with van der Waals surface area (Å²) in [6, 6.07) is 12.7. The van der Waals surface area contributed by atoms with Gasteiger partial charge in [0.25, 0.3) is 5.91 Å². The van der Waals surface area contributed by atoms with Gasteiger partial charge < -0.3 is 14.8 Å².